The molecule has 172 valence electrons. The highest BCUT2D eigenvalue weighted by Gasteiger charge is 2.41. The third-order valence-corrected chi connectivity index (χ3v) is 6.99. The lowest BCUT2D eigenvalue weighted by atomic mass is 9.94. The Morgan fingerprint density at radius 2 is 2.03 bits per heavy atom. The number of urea groups is 1. The molecule has 1 aliphatic carbocycles. The molecule has 10 heteroatoms. The fourth-order valence-electron chi connectivity index (χ4n) is 4.45. The second-order valence-corrected chi connectivity index (χ2v) is 10.9. The van der Waals surface area contributed by atoms with Gasteiger partial charge in [0, 0.05) is 30.6 Å². The molecule has 9 nitrogen and oxygen atoms in total. The Labute approximate surface area is 192 Å². The molecule has 2 aromatic rings. The summed E-state index contributed by atoms with van der Waals surface area (Å²) in [6, 6.07) is -0.950. The zero-order valence-corrected chi connectivity index (χ0v) is 20.1. The number of carbonyl (C=O) groups excluding carboxylic acids is 2. The zero-order chi connectivity index (χ0) is 23.2. The Hall–Kier alpha value is -2.59. The van der Waals surface area contributed by atoms with Crippen LogP contribution in [0.1, 0.15) is 44.3 Å². The fourth-order valence-corrected chi connectivity index (χ4v) is 5.48. The Morgan fingerprint density at radius 1 is 1.28 bits per heavy atom. The van der Waals surface area contributed by atoms with Crippen molar-refractivity contribution in [1.82, 2.24) is 24.8 Å². The SMILES string of the molecule is CN(C)C[C@@H]1CCN(C(=O)Nc2nc3c(s2)-c2nc(C(C)(C)C)ncc2CC3)[C@@H]1C(N)=O. The van der Waals surface area contributed by atoms with Gasteiger partial charge in [-0.1, -0.05) is 32.1 Å². The number of hydrogen-bond acceptors (Lipinski definition) is 7. The summed E-state index contributed by atoms with van der Waals surface area (Å²) in [5.41, 5.74) is 8.46. The summed E-state index contributed by atoms with van der Waals surface area (Å²) in [6.45, 7) is 7.46. The van der Waals surface area contributed by atoms with Gasteiger partial charge in [-0.25, -0.2) is 19.7 Å². The number of nitrogens with one attached hydrogen (secondary N) is 1. The first-order chi connectivity index (χ1) is 15.0. The summed E-state index contributed by atoms with van der Waals surface area (Å²) in [5.74, 6) is 0.344. The molecule has 4 rings (SSSR count). The summed E-state index contributed by atoms with van der Waals surface area (Å²) >= 11 is 1.42. The van der Waals surface area contributed by atoms with E-state index < -0.39 is 11.9 Å². The Balaban J connectivity index is 1.56. The highest BCUT2D eigenvalue weighted by Crippen LogP contribution is 2.39. The van der Waals surface area contributed by atoms with E-state index in [4.69, 9.17) is 10.7 Å². The maximum atomic E-state index is 13.0. The lowest BCUT2D eigenvalue weighted by Gasteiger charge is -2.26. The van der Waals surface area contributed by atoms with E-state index in [1.165, 1.54) is 11.3 Å². The smallest absolute Gasteiger partial charge is 0.324 e. The normalized spacial score (nSPS) is 20.2. The second-order valence-electron chi connectivity index (χ2n) is 9.89. The van der Waals surface area contributed by atoms with E-state index in [1.54, 1.807) is 4.90 Å². The average Bonchev–Trinajstić information content (AvgIpc) is 3.30. The molecule has 0 radical (unpaired) electrons. The van der Waals surface area contributed by atoms with Gasteiger partial charge in [-0.3, -0.25) is 10.1 Å². The van der Waals surface area contributed by atoms with E-state index in [9.17, 15) is 9.59 Å². The second kappa shape index (κ2) is 8.40. The molecular formula is C22H31N7O2S. The predicted molar refractivity (Wildman–Crippen MR) is 125 cm³/mol. The van der Waals surface area contributed by atoms with Crippen molar-refractivity contribution in [3.05, 3.63) is 23.3 Å². The molecule has 2 aliphatic rings. The topological polar surface area (TPSA) is 117 Å². The van der Waals surface area contributed by atoms with E-state index in [2.05, 4.69) is 36.1 Å². The van der Waals surface area contributed by atoms with E-state index in [1.807, 2.05) is 25.2 Å². The number of amides is 3. The summed E-state index contributed by atoms with van der Waals surface area (Å²) < 4.78 is 0. The monoisotopic (exact) mass is 457 g/mol. The molecule has 0 saturated carbocycles. The van der Waals surface area contributed by atoms with Crippen molar-refractivity contribution in [2.75, 3.05) is 32.5 Å². The van der Waals surface area contributed by atoms with Crippen molar-refractivity contribution < 1.29 is 9.59 Å². The van der Waals surface area contributed by atoms with Gasteiger partial charge in [0.1, 0.15) is 11.9 Å². The van der Waals surface area contributed by atoms with Gasteiger partial charge in [-0.05, 0) is 38.9 Å². The first kappa shape index (κ1) is 22.6. The summed E-state index contributed by atoms with van der Waals surface area (Å²) in [7, 11) is 3.90. The van der Waals surface area contributed by atoms with Crippen LogP contribution in [0.4, 0.5) is 9.93 Å². The molecule has 0 bridgehead atoms. The molecule has 0 unspecified atom stereocenters. The van der Waals surface area contributed by atoms with E-state index in [-0.39, 0.29) is 17.4 Å². The minimum absolute atomic E-state index is 0.0251. The number of nitrogens with zero attached hydrogens (tertiary/aromatic N) is 5. The van der Waals surface area contributed by atoms with Crippen LogP contribution in [0.15, 0.2) is 6.20 Å². The molecule has 2 aromatic heterocycles. The Bertz CT molecular complexity index is 1040. The quantitative estimate of drug-likeness (QED) is 0.727. The number of aromatic nitrogens is 3. The van der Waals surface area contributed by atoms with Gasteiger partial charge in [0.25, 0.3) is 0 Å². The number of rotatable bonds is 4. The van der Waals surface area contributed by atoms with Crippen molar-refractivity contribution in [3.63, 3.8) is 0 Å². The molecule has 0 spiro atoms. The fraction of sp³-hybridized carbons (Fsp3) is 0.591. The maximum Gasteiger partial charge on any atom is 0.324 e. The molecule has 0 aromatic carbocycles. The van der Waals surface area contributed by atoms with Crippen molar-refractivity contribution in [1.29, 1.82) is 0 Å². The zero-order valence-electron chi connectivity index (χ0n) is 19.3. The lowest BCUT2D eigenvalue weighted by molar-refractivity contribution is -0.122. The predicted octanol–water partition coefficient (Wildman–Crippen LogP) is 2.27. The molecular weight excluding hydrogens is 426 g/mol. The van der Waals surface area contributed by atoms with E-state index >= 15 is 0 Å². The van der Waals surface area contributed by atoms with Crippen molar-refractivity contribution in [3.8, 4) is 10.6 Å². The number of primary amides is 1. The largest absolute Gasteiger partial charge is 0.368 e. The summed E-state index contributed by atoms with van der Waals surface area (Å²) in [4.78, 5) is 43.8. The van der Waals surface area contributed by atoms with Crippen molar-refractivity contribution in [2.24, 2.45) is 11.7 Å². The third-order valence-electron chi connectivity index (χ3n) is 5.97. The number of carbonyl (C=O) groups is 2. The van der Waals surface area contributed by atoms with Crippen molar-refractivity contribution in [2.45, 2.75) is 51.5 Å². The molecule has 1 aliphatic heterocycles. The molecule has 3 N–H and O–H groups in total. The Morgan fingerprint density at radius 3 is 2.69 bits per heavy atom. The highest BCUT2D eigenvalue weighted by molar-refractivity contribution is 7.19. The van der Waals surface area contributed by atoms with Crippen LogP contribution in [-0.2, 0) is 23.1 Å². The van der Waals surface area contributed by atoms with Crippen molar-refractivity contribution >= 4 is 28.4 Å². The van der Waals surface area contributed by atoms with Crippen LogP contribution in [0.3, 0.4) is 0 Å². The highest BCUT2D eigenvalue weighted by atomic mass is 32.1. The molecule has 1 saturated heterocycles. The summed E-state index contributed by atoms with van der Waals surface area (Å²) in [6.07, 6.45) is 4.27. The maximum absolute atomic E-state index is 13.0. The van der Waals surface area contributed by atoms with Crippen LogP contribution >= 0.6 is 11.3 Å². The van der Waals surface area contributed by atoms with E-state index in [0.29, 0.717) is 18.2 Å². The van der Waals surface area contributed by atoms with Crippen LogP contribution < -0.4 is 11.1 Å². The number of hydrogen-bond donors (Lipinski definition) is 2. The first-order valence-corrected chi connectivity index (χ1v) is 11.7. The third kappa shape index (κ3) is 4.33. The minimum atomic E-state index is -0.616. The number of fused-ring (bicyclic) bond motifs is 3. The van der Waals surface area contributed by atoms with Gasteiger partial charge < -0.3 is 15.5 Å². The first-order valence-electron chi connectivity index (χ1n) is 10.9. The van der Waals surface area contributed by atoms with Crippen LogP contribution in [0.5, 0.6) is 0 Å². The molecule has 2 atom stereocenters. The minimum Gasteiger partial charge on any atom is -0.368 e. The van der Waals surface area contributed by atoms with E-state index in [0.717, 1.165) is 46.9 Å². The number of anilines is 1. The van der Waals surface area contributed by atoms with Crippen LogP contribution in [0, 0.1) is 5.92 Å². The lowest BCUT2D eigenvalue weighted by Crippen LogP contribution is -2.49. The van der Waals surface area contributed by atoms with Gasteiger partial charge in [-0.2, -0.15) is 0 Å². The van der Waals surface area contributed by atoms with Gasteiger partial charge in [0.15, 0.2) is 5.13 Å². The molecule has 32 heavy (non-hydrogen) atoms. The summed E-state index contributed by atoms with van der Waals surface area (Å²) in [5, 5.41) is 3.42. The van der Waals surface area contributed by atoms with Gasteiger partial charge in [0.05, 0.1) is 16.3 Å². The number of likely N-dealkylation sites (tertiary alicyclic amines) is 1. The van der Waals surface area contributed by atoms with Crippen LogP contribution in [0.25, 0.3) is 10.6 Å². The Kier molecular flexibility index (Phi) is 5.93. The van der Waals surface area contributed by atoms with Gasteiger partial charge >= 0.3 is 6.03 Å². The average molecular weight is 458 g/mol. The van der Waals surface area contributed by atoms with Gasteiger partial charge in [-0.15, -0.1) is 0 Å². The molecule has 3 heterocycles. The number of nitrogens with two attached hydrogens (primary N) is 1. The standard InChI is InChI=1S/C22H31N7O2S/c1-22(2,3)19-24-10-12-6-7-14-17(15(12)26-19)32-20(25-14)27-21(31)29-9-8-13(11-28(4)5)16(29)18(23)30/h10,13,16H,6-9,11H2,1-5H3,(H2,23,30)(H,25,27,31)/t13-,16-/m0/s1. The molecule has 1 fully saturated rings. The van der Waals surface area contributed by atoms with Gasteiger partial charge in [0.2, 0.25) is 5.91 Å². The number of thiazole rings is 1. The number of aryl methyl sites for hydroxylation is 2. The van der Waals surface area contributed by atoms with Crippen LogP contribution in [-0.4, -0.2) is 69.9 Å². The molecule has 3 amide bonds. The van der Waals surface area contributed by atoms with Crippen LogP contribution in [0.2, 0.25) is 0 Å².